The number of methoxy groups -OCH3 is 3. The maximum absolute atomic E-state index is 10.1. The zero-order valence-electron chi connectivity index (χ0n) is 18.9. The van der Waals surface area contributed by atoms with Crippen molar-refractivity contribution in [2.75, 3.05) is 21.3 Å². The summed E-state index contributed by atoms with van der Waals surface area (Å²) in [6.07, 6.45) is 0. The smallest absolute Gasteiger partial charge is 0.244 e. The minimum Gasteiger partial charge on any atom is -0.493 e. The average molecular weight is 454 g/mol. The predicted octanol–water partition coefficient (Wildman–Crippen LogP) is 4.90. The van der Waals surface area contributed by atoms with Crippen LogP contribution >= 0.6 is 0 Å². The molecular weight excluding hydrogens is 432 g/mol. The van der Waals surface area contributed by atoms with Crippen LogP contribution in [0.2, 0.25) is 0 Å². The number of aromatic amines is 1. The van der Waals surface area contributed by atoms with E-state index in [1.807, 2.05) is 42.5 Å². The summed E-state index contributed by atoms with van der Waals surface area (Å²) < 4.78 is 22.3. The third-order valence-electron chi connectivity index (χ3n) is 6.15. The third-order valence-corrected chi connectivity index (χ3v) is 6.15. The first-order valence-electron chi connectivity index (χ1n) is 10.6. The molecular formula is C26H22N4O4. The number of H-pyrrole nitrogens is 1. The van der Waals surface area contributed by atoms with E-state index in [2.05, 4.69) is 16.3 Å². The zero-order chi connectivity index (χ0) is 23.8. The van der Waals surface area contributed by atoms with Crippen LogP contribution in [0.1, 0.15) is 17.0 Å². The zero-order valence-corrected chi connectivity index (χ0v) is 18.9. The lowest BCUT2D eigenvalue weighted by Crippen LogP contribution is -2.31. The average Bonchev–Trinajstić information content (AvgIpc) is 3.29. The Morgan fingerprint density at radius 2 is 1.71 bits per heavy atom. The number of rotatable bonds is 5. The van der Waals surface area contributed by atoms with Crippen LogP contribution in [0.25, 0.3) is 22.0 Å². The SMILES string of the molecule is COc1cc(C2c3c(n[nH]c3-c3cccc4ccccc34)OC(=N)C2C#N)cc(OC)c1OC. The van der Waals surface area contributed by atoms with Crippen LogP contribution in [0.5, 0.6) is 23.1 Å². The number of benzene rings is 3. The molecule has 1 aliphatic rings. The summed E-state index contributed by atoms with van der Waals surface area (Å²) >= 11 is 0. The second-order valence-electron chi connectivity index (χ2n) is 7.85. The summed E-state index contributed by atoms with van der Waals surface area (Å²) in [4.78, 5) is 0. The number of fused-ring (bicyclic) bond motifs is 2. The van der Waals surface area contributed by atoms with Gasteiger partial charge in [-0.05, 0) is 28.5 Å². The molecule has 0 radical (unpaired) electrons. The molecule has 0 amide bonds. The van der Waals surface area contributed by atoms with Gasteiger partial charge in [-0.25, -0.2) is 0 Å². The highest BCUT2D eigenvalue weighted by atomic mass is 16.5. The van der Waals surface area contributed by atoms with Gasteiger partial charge in [-0.15, -0.1) is 5.10 Å². The number of hydrogen-bond acceptors (Lipinski definition) is 7. The van der Waals surface area contributed by atoms with Crippen molar-refractivity contribution in [2.45, 2.75) is 5.92 Å². The molecule has 2 heterocycles. The molecule has 170 valence electrons. The summed E-state index contributed by atoms with van der Waals surface area (Å²) in [5.41, 5.74) is 3.09. The number of nitriles is 1. The van der Waals surface area contributed by atoms with E-state index in [1.54, 1.807) is 26.4 Å². The van der Waals surface area contributed by atoms with Crippen LogP contribution in [0, 0.1) is 22.7 Å². The Labute approximate surface area is 196 Å². The van der Waals surface area contributed by atoms with Gasteiger partial charge in [0.2, 0.25) is 17.5 Å². The maximum atomic E-state index is 10.1. The van der Waals surface area contributed by atoms with Crippen molar-refractivity contribution in [1.82, 2.24) is 10.2 Å². The Bertz CT molecular complexity index is 1420. The molecule has 8 heteroatoms. The predicted molar refractivity (Wildman–Crippen MR) is 127 cm³/mol. The van der Waals surface area contributed by atoms with E-state index in [0.29, 0.717) is 22.8 Å². The van der Waals surface area contributed by atoms with Gasteiger partial charge >= 0.3 is 0 Å². The molecule has 2 unspecified atom stereocenters. The van der Waals surface area contributed by atoms with Crippen molar-refractivity contribution in [3.63, 3.8) is 0 Å². The van der Waals surface area contributed by atoms with E-state index >= 15 is 0 Å². The Morgan fingerprint density at radius 1 is 1.00 bits per heavy atom. The Balaban J connectivity index is 1.79. The fourth-order valence-corrected chi connectivity index (χ4v) is 4.61. The van der Waals surface area contributed by atoms with Gasteiger partial charge in [0.05, 0.1) is 38.7 Å². The monoisotopic (exact) mass is 454 g/mol. The van der Waals surface area contributed by atoms with Gasteiger partial charge in [0.15, 0.2) is 11.5 Å². The van der Waals surface area contributed by atoms with Crippen molar-refractivity contribution >= 4 is 16.7 Å². The summed E-state index contributed by atoms with van der Waals surface area (Å²) in [6, 6.07) is 19.9. The lowest BCUT2D eigenvalue weighted by molar-refractivity contribution is 0.323. The number of aromatic nitrogens is 2. The van der Waals surface area contributed by atoms with Crippen LogP contribution in [0.3, 0.4) is 0 Å². The molecule has 0 spiro atoms. The van der Waals surface area contributed by atoms with Crippen LogP contribution in [0.15, 0.2) is 54.6 Å². The first-order chi connectivity index (χ1) is 16.6. The molecule has 8 nitrogen and oxygen atoms in total. The second-order valence-corrected chi connectivity index (χ2v) is 7.85. The van der Waals surface area contributed by atoms with E-state index in [-0.39, 0.29) is 11.8 Å². The molecule has 5 rings (SSSR count). The number of nitrogens with zero attached hydrogens (tertiary/aromatic N) is 2. The van der Waals surface area contributed by atoms with Gasteiger partial charge < -0.3 is 18.9 Å². The standard InChI is InChI=1S/C26H22N4O4/c1-31-19-11-15(12-20(32-2)24(19)33-3)21-18(13-27)25(28)34-26-22(21)23(29-30-26)17-10-6-8-14-7-4-5-9-16(14)17/h4-12,18,21,28H,1-3H3,(H,29,30). The van der Waals surface area contributed by atoms with Crippen molar-refractivity contribution in [3.8, 4) is 40.5 Å². The maximum Gasteiger partial charge on any atom is 0.244 e. The fourth-order valence-electron chi connectivity index (χ4n) is 4.61. The van der Waals surface area contributed by atoms with Gasteiger partial charge in [0.1, 0.15) is 5.92 Å². The Kier molecular flexibility index (Phi) is 5.30. The van der Waals surface area contributed by atoms with Crippen LogP contribution in [-0.2, 0) is 0 Å². The molecule has 4 aromatic rings. The molecule has 3 aromatic carbocycles. The summed E-state index contributed by atoms with van der Waals surface area (Å²) in [5.74, 6) is 0.0601. The van der Waals surface area contributed by atoms with Crippen molar-refractivity contribution in [3.05, 3.63) is 65.7 Å². The molecule has 0 bridgehead atoms. The first kappa shape index (κ1) is 21.3. The number of ether oxygens (including phenoxy) is 4. The third kappa shape index (κ3) is 3.21. The quantitative estimate of drug-likeness (QED) is 0.444. The van der Waals surface area contributed by atoms with Gasteiger partial charge in [0.25, 0.3) is 0 Å². The normalized spacial score (nSPS) is 16.9. The van der Waals surface area contributed by atoms with Gasteiger partial charge in [-0.2, -0.15) is 5.26 Å². The molecule has 0 saturated heterocycles. The van der Waals surface area contributed by atoms with E-state index in [4.69, 9.17) is 24.4 Å². The van der Waals surface area contributed by atoms with Crippen molar-refractivity contribution < 1.29 is 18.9 Å². The highest BCUT2D eigenvalue weighted by Crippen LogP contribution is 2.49. The van der Waals surface area contributed by atoms with Gasteiger partial charge in [-0.3, -0.25) is 10.5 Å². The molecule has 0 saturated carbocycles. The van der Waals surface area contributed by atoms with Crippen molar-refractivity contribution in [1.29, 1.82) is 10.7 Å². The molecule has 1 aliphatic heterocycles. The summed E-state index contributed by atoms with van der Waals surface area (Å²) in [6.45, 7) is 0. The number of nitrogens with one attached hydrogen (secondary N) is 2. The van der Waals surface area contributed by atoms with E-state index in [0.717, 1.165) is 27.6 Å². The topological polar surface area (TPSA) is 113 Å². The van der Waals surface area contributed by atoms with Crippen molar-refractivity contribution in [2.24, 2.45) is 5.92 Å². The highest BCUT2D eigenvalue weighted by Gasteiger charge is 2.41. The minimum absolute atomic E-state index is 0.162. The lowest BCUT2D eigenvalue weighted by atomic mass is 9.78. The number of hydrogen-bond donors (Lipinski definition) is 2. The molecule has 2 N–H and O–H groups in total. The van der Waals surface area contributed by atoms with Gasteiger partial charge in [-0.1, -0.05) is 42.5 Å². The highest BCUT2D eigenvalue weighted by molar-refractivity contribution is 5.97. The van der Waals surface area contributed by atoms with Crippen LogP contribution in [0.4, 0.5) is 0 Å². The minimum atomic E-state index is -0.873. The second kappa shape index (κ2) is 8.45. The first-order valence-corrected chi connectivity index (χ1v) is 10.6. The Hall–Kier alpha value is -4.51. The lowest BCUT2D eigenvalue weighted by Gasteiger charge is -2.29. The molecule has 2 atom stereocenters. The van der Waals surface area contributed by atoms with E-state index < -0.39 is 11.8 Å². The molecule has 0 fully saturated rings. The van der Waals surface area contributed by atoms with Crippen LogP contribution in [-0.4, -0.2) is 37.4 Å². The fraction of sp³-hybridized carbons (Fsp3) is 0.192. The van der Waals surface area contributed by atoms with E-state index in [1.165, 1.54) is 7.11 Å². The summed E-state index contributed by atoms with van der Waals surface area (Å²) in [7, 11) is 4.62. The Morgan fingerprint density at radius 3 is 2.38 bits per heavy atom. The van der Waals surface area contributed by atoms with E-state index in [9.17, 15) is 5.26 Å². The molecule has 1 aromatic heterocycles. The molecule has 34 heavy (non-hydrogen) atoms. The molecule has 0 aliphatic carbocycles. The largest absolute Gasteiger partial charge is 0.493 e. The van der Waals surface area contributed by atoms with Gasteiger partial charge in [0, 0.05) is 11.5 Å². The summed E-state index contributed by atoms with van der Waals surface area (Å²) in [5, 5.41) is 28.0. The van der Waals surface area contributed by atoms with Crippen LogP contribution < -0.4 is 18.9 Å².